The van der Waals surface area contributed by atoms with Gasteiger partial charge in [-0.1, -0.05) is 13.8 Å². The average Bonchev–Trinajstić information content (AvgIpc) is 2.82. The fourth-order valence-electron chi connectivity index (χ4n) is 1.72. The van der Waals surface area contributed by atoms with Gasteiger partial charge >= 0.3 is 0 Å². The van der Waals surface area contributed by atoms with Crippen LogP contribution in [0.15, 0.2) is 17.3 Å². The van der Waals surface area contributed by atoms with Crippen LogP contribution in [0.2, 0.25) is 0 Å². The van der Waals surface area contributed by atoms with Gasteiger partial charge in [0.05, 0.1) is 4.90 Å². The van der Waals surface area contributed by atoms with Crippen LogP contribution in [0.3, 0.4) is 0 Å². The molecule has 2 aromatic rings. The van der Waals surface area contributed by atoms with E-state index in [-0.39, 0.29) is 0 Å². The largest absolute Gasteiger partial charge is 0.366 e. The third kappa shape index (κ3) is 2.52. The molecule has 17 heavy (non-hydrogen) atoms. The summed E-state index contributed by atoms with van der Waals surface area (Å²) in [5.41, 5.74) is 0.813. The number of nitrogens with zero attached hydrogens (tertiary/aromatic N) is 4. The number of aromatic nitrogens is 4. The number of thioether (sulfide) groups is 1. The Labute approximate surface area is 105 Å². The van der Waals surface area contributed by atoms with E-state index in [2.05, 4.69) is 34.5 Å². The fraction of sp³-hybridized carbons (Fsp3) is 0.545. The normalized spacial score (nSPS) is 11.3. The molecule has 0 aliphatic heterocycles. The van der Waals surface area contributed by atoms with E-state index in [0.29, 0.717) is 6.04 Å². The first-order chi connectivity index (χ1) is 8.28. The van der Waals surface area contributed by atoms with Gasteiger partial charge in [-0.05, 0) is 25.2 Å². The Balaban J connectivity index is 2.34. The standard InChI is InChI=1S/C11H17N5S/c1-4-8(5-2)13-10-6-9(17-3)11-14-12-7-16(11)15-10/h6-8H,4-5H2,1-3H3,(H,13,15). The van der Waals surface area contributed by atoms with Gasteiger partial charge in [-0.25, -0.2) is 0 Å². The third-order valence-electron chi connectivity index (χ3n) is 2.79. The summed E-state index contributed by atoms with van der Waals surface area (Å²) in [5.74, 6) is 0.885. The Morgan fingerprint density at radius 1 is 1.41 bits per heavy atom. The first-order valence-electron chi connectivity index (χ1n) is 5.80. The first-order valence-corrected chi connectivity index (χ1v) is 7.02. The van der Waals surface area contributed by atoms with E-state index in [1.54, 1.807) is 22.6 Å². The van der Waals surface area contributed by atoms with Crippen LogP contribution in [0.25, 0.3) is 5.65 Å². The van der Waals surface area contributed by atoms with Crippen LogP contribution >= 0.6 is 11.8 Å². The van der Waals surface area contributed by atoms with Crippen LogP contribution in [-0.4, -0.2) is 32.1 Å². The molecular weight excluding hydrogens is 234 g/mol. The van der Waals surface area contributed by atoms with Gasteiger partial charge in [0.1, 0.15) is 12.1 Å². The van der Waals surface area contributed by atoms with E-state index >= 15 is 0 Å². The van der Waals surface area contributed by atoms with E-state index in [1.807, 2.05) is 12.3 Å². The summed E-state index contributed by atoms with van der Waals surface area (Å²) in [6.45, 7) is 4.35. The number of anilines is 1. The maximum absolute atomic E-state index is 4.45. The van der Waals surface area contributed by atoms with Gasteiger partial charge in [0.15, 0.2) is 5.65 Å². The highest BCUT2D eigenvalue weighted by molar-refractivity contribution is 7.98. The molecule has 0 bridgehead atoms. The maximum Gasteiger partial charge on any atom is 0.191 e. The van der Waals surface area contributed by atoms with Crippen molar-refractivity contribution in [2.75, 3.05) is 11.6 Å². The highest BCUT2D eigenvalue weighted by Crippen LogP contribution is 2.22. The summed E-state index contributed by atoms with van der Waals surface area (Å²) >= 11 is 1.66. The Hall–Kier alpha value is -1.30. The molecule has 2 aromatic heterocycles. The van der Waals surface area contributed by atoms with E-state index < -0.39 is 0 Å². The molecule has 0 amide bonds. The molecule has 92 valence electrons. The number of nitrogens with one attached hydrogen (secondary N) is 1. The van der Waals surface area contributed by atoms with Crippen molar-refractivity contribution in [2.24, 2.45) is 0 Å². The molecule has 0 spiro atoms. The van der Waals surface area contributed by atoms with Gasteiger partial charge in [-0.15, -0.1) is 27.1 Å². The lowest BCUT2D eigenvalue weighted by Crippen LogP contribution is -2.18. The van der Waals surface area contributed by atoms with Crippen LogP contribution < -0.4 is 5.32 Å². The van der Waals surface area contributed by atoms with Gasteiger partial charge < -0.3 is 5.32 Å². The lowest BCUT2D eigenvalue weighted by molar-refractivity contribution is 0.664. The van der Waals surface area contributed by atoms with Crippen LogP contribution in [0.5, 0.6) is 0 Å². The van der Waals surface area contributed by atoms with Crippen molar-refractivity contribution in [3.05, 3.63) is 12.4 Å². The van der Waals surface area contributed by atoms with Gasteiger partial charge in [0.2, 0.25) is 0 Å². The zero-order valence-electron chi connectivity index (χ0n) is 10.3. The molecule has 0 saturated heterocycles. The molecule has 0 aliphatic carbocycles. The van der Waals surface area contributed by atoms with Crippen molar-refractivity contribution < 1.29 is 0 Å². The molecule has 5 nitrogen and oxygen atoms in total. The molecule has 2 heterocycles. The molecule has 0 saturated carbocycles. The molecule has 0 atom stereocenters. The predicted molar refractivity (Wildman–Crippen MR) is 70.6 cm³/mol. The number of hydrogen-bond donors (Lipinski definition) is 1. The van der Waals surface area contributed by atoms with Crippen molar-refractivity contribution in [1.29, 1.82) is 0 Å². The number of fused-ring (bicyclic) bond motifs is 1. The third-order valence-corrected chi connectivity index (χ3v) is 3.53. The zero-order chi connectivity index (χ0) is 12.3. The van der Waals surface area contributed by atoms with Crippen molar-refractivity contribution in [3.8, 4) is 0 Å². The van der Waals surface area contributed by atoms with Gasteiger partial charge in [-0.2, -0.15) is 4.52 Å². The molecule has 6 heteroatoms. The molecule has 1 N–H and O–H groups in total. The summed E-state index contributed by atoms with van der Waals surface area (Å²) in [4.78, 5) is 1.09. The van der Waals surface area contributed by atoms with Crippen LogP contribution in [0.1, 0.15) is 26.7 Å². The Bertz CT molecular complexity index is 492. The molecule has 0 radical (unpaired) electrons. The smallest absolute Gasteiger partial charge is 0.191 e. The lowest BCUT2D eigenvalue weighted by atomic mass is 10.2. The topological polar surface area (TPSA) is 55.1 Å². The van der Waals surface area contributed by atoms with Crippen LogP contribution in [-0.2, 0) is 0 Å². The van der Waals surface area contributed by atoms with Gasteiger partial charge in [0.25, 0.3) is 0 Å². The highest BCUT2D eigenvalue weighted by atomic mass is 32.2. The number of rotatable bonds is 5. The number of hydrogen-bond acceptors (Lipinski definition) is 5. The highest BCUT2D eigenvalue weighted by Gasteiger charge is 2.09. The quantitative estimate of drug-likeness (QED) is 0.827. The second kappa shape index (κ2) is 5.35. The monoisotopic (exact) mass is 251 g/mol. The van der Waals surface area contributed by atoms with Gasteiger partial charge in [-0.3, -0.25) is 0 Å². The molecule has 0 fully saturated rings. The van der Waals surface area contributed by atoms with Crippen LogP contribution in [0.4, 0.5) is 5.82 Å². The van der Waals surface area contributed by atoms with E-state index in [9.17, 15) is 0 Å². The summed E-state index contributed by atoms with van der Waals surface area (Å²) < 4.78 is 1.72. The summed E-state index contributed by atoms with van der Waals surface area (Å²) in [6, 6.07) is 2.50. The summed E-state index contributed by atoms with van der Waals surface area (Å²) in [5, 5.41) is 15.8. The Morgan fingerprint density at radius 2 is 2.18 bits per heavy atom. The Kier molecular flexibility index (Phi) is 3.83. The second-order valence-electron chi connectivity index (χ2n) is 3.85. The maximum atomic E-state index is 4.45. The van der Waals surface area contributed by atoms with Crippen molar-refractivity contribution in [1.82, 2.24) is 19.8 Å². The van der Waals surface area contributed by atoms with Crippen molar-refractivity contribution >= 4 is 23.2 Å². The first kappa shape index (κ1) is 12.2. The minimum absolute atomic E-state index is 0.464. The molecule has 0 aromatic carbocycles. The summed E-state index contributed by atoms with van der Waals surface area (Å²) in [7, 11) is 0. The van der Waals surface area contributed by atoms with Crippen LogP contribution in [0, 0.1) is 0 Å². The lowest BCUT2D eigenvalue weighted by Gasteiger charge is -2.15. The van der Waals surface area contributed by atoms with E-state index in [4.69, 9.17) is 0 Å². The summed E-state index contributed by atoms with van der Waals surface area (Å²) in [6.07, 6.45) is 5.85. The van der Waals surface area contributed by atoms with E-state index in [0.717, 1.165) is 29.2 Å². The van der Waals surface area contributed by atoms with Crippen molar-refractivity contribution in [2.45, 2.75) is 37.6 Å². The molecule has 2 rings (SSSR count). The fourth-order valence-corrected chi connectivity index (χ4v) is 2.27. The zero-order valence-corrected chi connectivity index (χ0v) is 11.2. The molecule has 0 unspecified atom stereocenters. The molecule has 0 aliphatic rings. The predicted octanol–water partition coefficient (Wildman–Crippen LogP) is 2.45. The van der Waals surface area contributed by atoms with Gasteiger partial charge in [0, 0.05) is 6.04 Å². The SMILES string of the molecule is CCC(CC)Nc1cc(SC)c2nncn2n1. The van der Waals surface area contributed by atoms with Crippen molar-refractivity contribution in [3.63, 3.8) is 0 Å². The second-order valence-corrected chi connectivity index (χ2v) is 4.70. The average molecular weight is 251 g/mol. The minimum atomic E-state index is 0.464. The van der Waals surface area contributed by atoms with E-state index in [1.165, 1.54) is 0 Å². The Morgan fingerprint density at radius 3 is 2.82 bits per heavy atom. The minimum Gasteiger partial charge on any atom is -0.366 e. The molecular formula is C11H17N5S.